The normalized spacial score (nSPS) is 12.1. The van der Waals surface area contributed by atoms with Crippen LogP contribution in [0, 0.1) is 5.82 Å². The van der Waals surface area contributed by atoms with Crippen LogP contribution < -0.4 is 16.8 Å². The third-order valence-electron chi connectivity index (χ3n) is 4.67. The van der Waals surface area contributed by atoms with Crippen LogP contribution in [0.2, 0.25) is 0 Å². The van der Waals surface area contributed by atoms with Gasteiger partial charge in [0.25, 0.3) is 0 Å². The van der Waals surface area contributed by atoms with Crippen molar-refractivity contribution < 1.29 is 4.39 Å². The molecular weight excluding hydrogens is 355 g/mol. The average molecular weight is 374 g/mol. The molecule has 0 aliphatic heterocycles. The van der Waals surface area contributed by atoms with Crippen molar-refractivity contribution in [2.45, 2.75) is 13.0 Å². The highest BCUT2D eigenvalue weighted by Gasteiger charge is 2.19. The Bertz CT molecular complexity index is 1150. The van der Waals surface area contributed by atoms with Gasteiger partial charge in [-0.05, 0) is 24.1 Å². The quantitative estimate of drug-likeness (QED) is 0.495. The van der Waals surface area contributed by atoms with E-state index in [9.17, 15) is 4.39 Å². The first kappa shape index (κ1) is 17.7. The van der Waals surface area contributed by atoms with Crippen LogP contribution in [0.4, 0.5) is 21.7 Å². The van der Waals surface area contributed by atoms with Crippen LogP contribution in [0.5, 0.6) is 0 Å². The zero-order chi connectivity index (χ0) is 19.7. The third-order valence-corrected chi connectivity index (χ3v) is 4.67. The standard InChI is InChI=1S/C21H19FN6/c1-12(28-21-18(23)20(24)26-11-27-21)15-10-25-19-14(8-5-9-16(19)22)17(15)13-6-3-2-4-7-13/h2-12H,23H2,1H3,(H3,24,26,27,28). The van der Waals surface area contributed by atoms with Crippen molar-refractivity contribution in [3.05, 3.63) is 72.4 Å². The van der Waals surface area contributed by atoms with Crippen LogP contribution in [-0.2, 0) is 0 Å². The number of nitrogens with zero attached hydrogens (tertiary/aromatic N) is 3. The number of nitrogens with two attached hydrogens (primary N) is 2. The number of halogens is 1. The molecule has 2 heterocycles. The Morgan fingerprint density at radius 2 is 1.75 bits per heavy atom. The van der Waals surface area contributed by atoms with Crippen molar-refractivity contribution in [1.29, 1.82) is 0 Å². The zero-order valence-corrected chi connectivity index (χ0v) is 15.2. The summed E-state index contributed by atoms with van der Waals surface area (Å²) in [6.07, 6.45) is 3.04. The summed E-state index contributed by atoms with van der Waals surface area (Å²) >= 11 is 0. The first-order valence-corrected chi connectivity index (χ1v) is 8.81. The van der Waals surface area contributed by atoms with E-state index in [0.29, 0.717) is 11.3 Å². The van der Waals surface area contributed by atoms with Crippen LogP contribution in [0.15, 0.2) is 61.1 Å². The molecule has 0 fully saturated rings. The van der Waals surface area contributed by atoms with Gasteiger partial charge in [-0.1, -0.05) is 42.5 Å². The minimum absolute atomic E-state index is 0.215. The first-order chi connectivity index (χ1) is 13.6. The summed E-state index contributed by atoms with van der Waals surface area (Å²) in [5.41, 5.74) is 15.2. The van der Waals surface area contributed by atoms with Gasteiger partial charge in [0.05, 0.1) is 6.04 Å². The summed E-state index contributed by atoms with van der Waals surface area (Å²) in [5.74, 6) is 0.305. The lowest BCUT2D eigenvalue weighted by Gasteiger charge is -2.21. The van der Waals surface area contributed by atoms with Gasteiger partial charge in [-0.15, -0.1) is 0 Å². The van der Waals surface area contributed by atoms with Gasteiger partial charge in [-0.25, -0.2) is 14.4 Å². The second kappa shape index (κ2) is 7.11. The molecule has 0 bridgehead atoms. The molecule has 0 aliphatic rings. The van der Waals surface area contributed by atoms with Gasteiger partial charge in [-0.3, -0.25) is 4.98 Å². The number of nitrogens with one attached hydrogen (secondary N) is 1. The molecule has 2 aromatic heterocycles. The molecule has 28 heavy (non-hydrogen) atoms. The minimum atomic E-state index is -0.352. The van der Waals surface area contributed by atoms with Crippen LogP contribution in [0.25, 0.3) is 22.0 Å². The SMILES string of the molecule is CC(Nc1ncnc(N)c1N)c1cnc2c(F)cccc2c1-c1ccccc1. The summed E-state index contributed by atoms with van der Waals surface area (Å²) < 4.78 is 14.3. The molecule has 7 heteroatoms. The molecule has 5 N–H and O–H groups in total. The number of pyridine rings is 1. The Hall–Kier alpha value is -3.74. The highest BCUT2D eigenvalue weighted by Crippen LogP contribution is 2.36. The molecule has 0 amide bonds. The van der Waals surface area contributed by atoms with Crippen LogP contribution >= 0.6 is 0 Å². The number of rotatable bonds is 4. The Balaban J connectivity index is 1.88. The van der Waals surface area contributed by atoms with E-state index in [2.05, 4.69) is 20.3 Å². The number of benzene rings is 2. The molecule has 1 atom stereocenters. The van der Waals surface area contributed by atoms with Gasteiger partial charge < -0.3 is 16.8 Å². The number of nitrogen functional groups attached to an aromatic ring is 2. The topological polar surface area (TPSA) is 103 Å². The van der Waals surface area contributed by atoms with Gasteiger partial charge in [0.15, 0.2) is 11.6 Å². The van der Waals surface area contributed by atoms with Gasteiger partial charge in [-0.2, -0.15) is 0 Å². The van der Waals surface area contributed by atoms with Crippen molar-refractivity contribution in [2.24, 2.45) is 0 Å². The second-order valence-corrected chi connectivity index (χ2v) is 6.48. The molecule has 0 radical (unpaired) electrons. The van der Waals surface area contributed by atoms with E-state index < -0.39 is 0 Å². The highest BCUT2D eigenvalue weighted by molar-refractivity contribution is 5.96. The van der Waals surface area contributed by atoms with E-state index in [1.807, 2.05) is 43.3 Å². The highest BCUT2D eigenvalue weighted by atomic mass is 19.1. The number of anilines is 3. The summed E-state index contributed by atoms with van der Waals surface area (Å²) in [7, 11) is 0. The summed E-state index contributed by atoms with van der Waals surface area (Å²) in [6, 6.07) is 14.6. The molecule has 4 rings (SSSR count). The first-order valence-electron chi connectivity index (χ1n) is 8.81. The number of para-hydroxylation sites is 1. The van der Waals surface area contributed by atoms with E-state index in [-0.39, 0.29) is 23.4 Å². The van der Waals surface area contributed by atoms with Crippen LogP contribution in [0.1, 0.15) is 18.5 Å². The largest absolute Gasteiger partial charge is 0.393 e. The molecule has 0 saturated carbocycles. The Kier molecular flexibility index (Phi) is 4.49. The maximum absolute atomic E-state index is 14.3. The van der Waals surface area contributed by atoms with Crippen molar-refractivity contribution in [1.82, 2.24) is 15.0 Å². The van der Waals surface area contributed by atoms with Crippen molar-refractivity contribution >= 4 is 28.2 Å². The number of hydrogen-bond donors (Lipinski definition) is 3. The monoisotopic (exact) mass is 374 g/mol. The fraction of sp³-hybridized carbons (Fsp3) is 0.0952. The van der Waals surface area contributed by atoms with E-state index in [1.54, 1.807) is 12.3 Å². The molecule has 6 nitrogen and oxygen atoms in total. The minimum Gasteiger partial charge on any atom is -0.393 e. The summed E-state index contributed by atoms with van der Waals surface area (Å²) in [6.45, 7) is 1.96. The van der Waals surface area contributed by atoms with E-state index in [0.717, 1.165) is 22.1 Å². The lowest BCUT2D eigenvalue weighted by Crippen LogP contribution is -2.13. The van der Waals surface area contributed by atoms with Gasteiger partial charge in [0.1, 0.15) is 23.3 Å². The third kappa shape index (κ3) is 3.07. The van der Waals surface area contributed by atoms with Crippen molar-refractivity contribution in [2.75, 3.05) is 16.8 Å². The Morgan fingerprint density at radius 3 is 2.54 bits per heavy atom. The smallest absolute Gasteiger partial charge is 0.155 e. The maximum Gasteiger partial charge on any atom is 0.155 e. The van der Waals surface area contributed by atoms with Crippen LogP contribution in [-0.4, -0.2) is 15.0 Å². The number of hydrogen-bond acceptors (Lipinski definition) is 6. The van der Waals surface area contributed by atoms with E-state index in [4.69, 9.17) is 11.5 Å². The maximum atomic E-state index is 14.3. The molecule has 0 aliphatic carbocycles. The zero-order valence-electron chi connectivity index (χ0n) is 15.2. The number of aromatic nitrogens is 3. The molecule has 4 aromatic rings. The summed E-state index contributed by atoms with van der Waals surface area (Å²) in [4.78, 5) is 12.4. The molecule has 2 aromatic carbocycles. The van der Waals surface area contributed by atoms with Gasteiger partial charge in [0, 0.05) is 17.1 Å². The van der Waals surface area contributed by atoms with Gasteiger partial charge in [0.2, 0.25) is 0 Å². The number of fused-ring (bicyclic) bond motifs is 1. The fourth-order valence-corrected chi connectivity index (χ4v) is 3.26. The molecule has 0 spiro atoms. The lowest BCUT2D eigenvalue weighted by molar-refractivity contribution is 0.636. The van der Waals surface area contributed by atoms with E-state index >= 15 is 0 Å². The van der Waals surface area contributed by atoms with Crippen molar-refractivity contribution in [3.8, 4) is 11.1 Å². The molecule has 1 unspecified atom stereocenters. The Labute approximate surface area is 161 Å². The Morgan fingerprint density at radius 1 is 0.964 bits per heavy atom. The molecular formula is C21H19FN6. The van der Waals surface area contributed by atoms with Gasteiger partial charge >= 0.3 is 0 Å². The predicted octanol–water partition coefficient (Wildman–Crippen LogP) is 4.17. The summed E-state index contributed by atoms with van der Waals surface area (Å²) in [5, 5.41) is 4.01. The molecule has 0 saturated heterocycles. The van der Waals surface area contributed by atoms with Crippen LogP contribution in [0.3, 0.4) is 0 Å². The fourth-order valence-electron chi connectivity index (χ4n) is 3.26. The average Bonchev–Trinajstić information content (AvgIpc) is 2.71. The lowest BCUT2D eigenvalue weighted by atomic mass is 9.93. The van der Waals surface area contributed by atoms with Crippen molar-refractivity contribution in [3.63, 3.8) is 0 Å². The second-order valence-electron chi connectivity index (χ2n) is 6.48. The molecule has 140 valence electrons. The van der Waals surface area contributed by atoms with E-state index in [1.165, 1.54) is 12.4 Å². The predicted molar refractivity (Wildman–Crippen MR) is 110 cm³/mol.